The van der Waals surface area contributed by atoms with Crippen LogP contribution in [0.2, 0.25) is 0 Å². The SMILES string of the molecule is COC(=O)c1ccccc1-c1ccc(/C=N\NC(=O)Cc2ccc(C(C)(C)C)cc2)o1. The van der Waals surface area contributed by atoms with Gasteiger partial charge in [-0.15, -0.1) is 0 Å². The van der Waals surface area contributed by atoms with Gasteiger partial charge in [0.1, 0.15) is 11.5 Å². The molecule has 1 amide bonds. The number of rotatable bonds is 6. The van der Waals surface area contributed by atoms with E-state index >= 15 is 0 Å². The van der Waals surface area contributed by atoms with Crippen molar-refractivity contribution in [1.29, 1.82) is 0 Å². The summed E-state index contributed by atoms with van der Waals surface area (Å²) in [5, 5.41) is 3.97. The molecule has 31 heavy (non-hydrogen) atoms. The number of hydrogen-bond donors (Lipinski definition) is 1. The molecule has 0 aliphatic carbocycles. The van der Waals surface area contributed by atoms with Crippen molar-refractivity contribution in [3.05, 3.63) is 83.1 Å². The fourth-order valence-corrected chi connectivity index (χ4v) is 3.07. The summed E-state index contributed by atoms with van der Waals surface area (Å²) >= 11 is 0. The highest BCUT2D eigenvalue weighted by atomic mass is 16.5. The molecule has 0 bridgehead atoms. The van der Waals surface area contributed by atoms with Gasteiger partial charge in [0.05, 0.1) is 25.3 Å². The van der Waals surface area contributed by atoms with Crippen LogP contribution in [0.25, 0.3) is 11.3 Å². The molecule has 6 heteroatoms. The Hall–Kier alpha value is -3.67. The Labute approximate surface area is 181 Å². The molecule has 0 aliphatic heterocycles. The average molecular weight is 418 g/mol. The van der Waals surface area contributed by atoms with E-state index in [1.807, 2.05) is 30.3 Å². The molecule has 0 aliphatic rings. The molecule has 0 saturated heterocycles. The largest absolute Gasteiger partial charge is 0.465 e. The summed E-state index contributed by atoms with van der Waals surface area (Å²) in [6.45, 7) is 6.45. The van der Waals surface area contributed by atoms with E-state index in [2.05, 4.69) is 31.3 Å². The topological polar surface area (TPSA) is 80.9 Å². The molecule has 0 spiro atoms. The van der Waals surface area contributed by atoms with Crippen LogP contribution in [0, 0.1) is 0 Å². The number of hydrazone groups is 1. The first-order chi connectivity index (χ1) is 14.8. The summed E-state index contributed by atoms with van der Waals surface area (Å²) in [5.41, 5.74) is 5.75. The maximum atomic E-state index is 12.2. The molecule has 1 N–H and O–H groups in total. The zero-order valence-corrected chi connectivity index (χ0v) is 18.1. The van der Waals surface area contributed by atoms with Gasteiger partial charge in [-0.2, -0.15) is 5.10 Å². The summed E-state index contributed by atoms with van der Waals surface area (Å²) in [7, 11) is 1.33. The Kier molecular flexibility index (Phi) is 6.70. The number of hydrogen-bond acceptors (Lipinski definition) is 5. The molecule has 0 unspecified atom stereocenters. The first-order valence-electron chi connectivity index (χ1n) is 9.97. The van der Waals surface area contributed by atoms with E-state index in [1.54, 1.807) is 30.3 Å². The highest BCUT2D eigenvalue weighted by Gasteiger charge is 2.15. The van der Waals surface area contributed by atoms with Crippen LogP contribution in [0.15, 0.2) is 70.2 Å². The summed E-state index contributed by atoms with van der Waals surface area (Å²) in [5.74, 6) is 0.296. The van der Waals surface area contributed by atoms with Crippen LogP contribution >= 0.6 is 0 Å². The molecule has 1 aromatic heterocycles. The summed E-state index contributed by atoms with van der Waals surface area (Å²) in [6, 6.07) is 18.5. The molecular formula is C25H26N2O4. The second kappa shape index (κ2) is 9.43. The zero-order chi connectivity index (χ0) is 22.4. The zero-order valence-electron chi connectivity index (χ0n) is 18.1. The minimum Gasteiger partial charge on any atom is -0.465 e. The average Bonchev–Trinajstić information content (AvgIpc) is 3.21. The second-order valence-electron chi connectivity index (χ2n) is 8.16. The highest BCUT2D eigenvalue weighted by molar-refractivity contribution is 5.96. The Bertz CT molecular complexity index is 1090. The highest BCUT2D eigenvalue weighted by Crippen LogP contribution is 2.26. The third kappa shape index (κ3) is 5.69. The maximum absolute atomic E-state index is 12.2. The Morgan fingerprint density at radius 2 is 1.74 bits per heavy atom. The molecule has 160 valence electrons. The number of amides is 1. The molecule has 0 atom stereocenters. The van der Waals surface area contributed by atoms with Gasteiger partial charge < -0.3 is 9.15 Å². The van der Waals surface area contributed by atoms with Crippen LogP contribution in [-0.4, -0.2) is 25.2 Å². The molecule has 6 nitrogen and oxygen atoms in total. The molecule has 2 aromatic carbocycles. The first-order valence-corrected chi connectivity index (χ1v) is 9.97. The lowest BCUT2D eigenvalue weighted by Gasteiger charge is -2.19. The lowest BCUT2D eigenvalue weighted by atomic mass is 9.86. The van der Waals surface area contributed by atoms with Gasteiger partial charge in [-0.1, -0.05) is 63.2 Å². The third-order valence-electron chi connectivity index (χ3n) is 4.79. The number of nitrogens with zero attached hydrogens (tertiary/aromatic N) is 1. The van der Waals surface area contributed by atoms with E-state index in [-0.39, 0.29) is 17.7 Å². The fourth-order valence-electron chi connectivity index (χ4n) is 3.07. The van der Waals surface area contributed by atoms with Crippen LogP contribution in [-0.2, 0) is 21.4 Å². The van der Waals surface area contributed by atoms with Gasteiger partial charge in [0.25, 0.3) is 0 Å². The lowest BCUT2D eigenvalue weighted by molar-refractivity contribution is -0.120. The number of carbonyl (C=O) groups is 2. The summed E-state index contributed by atoms with van der Waals surface area (Å²) in [4.78, 5) is 24.1. The van der Waals surface area contributed by atoms with Crippen molar-refractivity contribution in [1.82, 2.24) is 5.43 Å². The summed E-state index contributed by atoms with van der Waals surface area (Å²) in [6.07, 6.45) is 1.66. The monoisotopic (exact) mass is 418 g/mol. The number of furan rings is 1. The van der Waals surface area contributed by atoms with Crippen LogP contribution in [0.4, 0.5) is 0 Å². The van der Waals surface area contributed by atoms with E-state index in [1.165, 1.54) is 18.9 Å². The maximum Gasteiger partial charge on any atom is 0.338 e. The Morgan fingerprint density at radius 3 is 2.42 bits per heavy atom. The number of ether oxygens (including phenoxy) is 1. The van der Waals surface area contributed by atoms with Gasteiger partial charge in [-0.05, 0) is 34.7 Å². The van der Waals surface area contributed by atoms with Gasteiger partial charge >= 0.3 is 5.97 Å². The van der Waals surface area contributed by atoms with Crippen LogP contribution in [0.5, 0.6) is 0 Å². The van der Waals surface area contributed by atoms with E-state index in [0.717, 1.165) is 5.56 Å². The van der Waals surface area contributed by atoms with E-state index in [0.29, 0.717) is 22.6 Å². The molecule has 3 rings (SSSR count). The number of esters is 1. The summed E-state index contributed by atoms with van der Waals surface area (Å²) < 4.78 is 10.6. The molecule has 0 radical (unpaired) electrons. The van der Waals surface area contributed by atoms with Gasteiger partial charge in [0.15, 0.2) is 0 Å². The molecular weight excluding hydrogens is 392 g/mol. The molecule has 0 fully saturated rings. The number of benzene rings is 2. The molecule has 1 heterocycles. The standard InChI is InChI=1S/C25H26N2O4/c1-25(2,3)18-11-9-17(10-12-18)15-23(28)27-26-16-19-13-14-22(31-19)20-7-5-6-8-21(20)24(29)30-4/h5-14,16H,15H2,1-4H3,(H,27,28)/b26-16-. The van der Waals surface area contributed by atoms with Gasteiger partial charge in [0, 0.05) is 5.56 Å². The normalized spacial score (nSPS) is 11.5. The van der Waals surface area contributed by atoms with Crippen molar-refractivity contribution in [3.8, 4) is 11.3 Å². The first kappa shape index (κ1) is 22.0. The Morgan fingerprint density at radius 1 is 1.03 bits per heavy atom. The lowest BCUT2D eigenvalue weighted by Crippen LogP contribution is -2.20. The minimum absolute atomic E-state index is 0.0738. The third-order valence-corrected chi connectivity index (χ3v) is 4.79. The number of methoxy groups -OCH3 is 1. The van der Waals surface area contributed by atoms with Crippen LogP contribution in [0.1, 0.15) is 48.0 Å². The quantitative estimate of drug-likeness (QED) is 0.357. The van der Waals surface area contributed by atoms with Crippen molar-refractivity contribution < 1.29 is 18.7 Å². The fraction of sp³-hybridized carbons (Fsp3) is 0.240. The molecule has 3 aromatic rings. The van der Waals surface area contributed by atoms with Crippen molar-refractivity contribution >= 4 is 18.1 Å². The number of nitrogens with one attached hydrogen (secondary N) is 1. The van der Waals surface area contributed by atoms with Gasteiger partial charge in [0.2, 0.25) is 5.91 Å². The predicted octanol–water partition coefficient (Wildman–Crippen LogP) is 4.72. The van der Waals surface area contributed by atoms with Crippen molar-refractivity contribution in [2.45, 2.75) is 32.6 Å². The van der Waals surface area contributed by atoms with Crippen molar-refractivity contribution in [3.63, 3.8) is 0 Å². The predicted molar refractivity (Wildman–Crippen MR) is 120 cm³/mol. The van der Waals surface area contributed by atoms with Gasteiger partial charge in [-0.25, -0.2) is 10.2 Å². The van der Waals surface area contributed by atoms with Crippen LogP contribution < -0.4 is 5.43 Å². The van der Waals surface area contributed by atoms with Gasteiger partial charge in [-0.3, -0.25) is 4.79 Å². The van der Waals surface area contributed by atoms with E-state index in [9.17, 15) is 9.59 Å². The second-order valence-corrected chi connectivity index (χ2v) is 8.16. The van der Waals surface area contributed by atoms with E-state index in [4.69, 9.17) is 9.15 Å². The smallest absolute Gasteiger partial charge is 0.338 e. The molecule has 0 saturated carbocycles. The van der Waals surface area contributed by atoms with Crippen molar-refractivity contribution in [2.24, 2.45) is 5.10 Å². The Balaban J connectivity index is 1.61. The van der Waals surface area contributed by atoms with E-state index < -0.39 is 5.97 Å². The number of carbonyl (C=O) groups excluding carboxylic acids is 2. The minimum atomic E-state index is -0.440. The van der Waals surface area contributed by atoms with Crippen LogP contribution in [0.3, 0.4) is 0 Å². The van der Waals surface area contributed by atoms with Crippen molar-refractivity contribution in [2.75, 3.05) is 7.11 Å².